The monoisotopic (exact) mass is 270 g/mol. The standard InChI is InChI=1S/C14H14N4S/c1-10(15)11-6-2-3-7-12(11)19-14-17-16-13-8-4-5-9-18(13)14/h2-10H,15H2,1H3. The molecule has 0 spiro atoms. The molecule has 0 saturated carbocycles. The first-order valence-electron chi connectivity index (χ1n) is 6.08. The first-order valence-corrected chi connectivity index (χ1v) is 6.89. The zero-order chi connectivity index (χ0) is 13.2. The van der Waals surface area contributed by atoms with E-state index in [2.05, 4.69) is 22.3 Å². The fraction of sp³-hybridized carbons (Fsp3) is 0.143. The smallest absolute Gasteiger partial charge is 0.200 e. The van der Waals surface area contributed by atoms with Gasteiger partial charge < -0.3 is 5.73 Å². The summed E-state index contributed by atoms with van der Waals surface area (Å²) in [5, 5.41) is 9.23. The van der Waals surface area contributed by atoms with E-state index in [0.29, 0.717) is 0 Å². The SMILES string of the molecule is CC(N)c1ccccc1Sc1nnc2ccccn12. The minimum absolute atomic E-state index is 0.00267. The van der Waals surface area contributed by atoms with Crippen molar-refractivity contribution in [3.63, 3.8) is 0 Å². The molecule has 0 amide bonds. The van der Waals surface area contributed by atoms with Gasteiger partial charge in [-0.25, -0.2) is 0 Å². The largest absolute Gasteiger partial charge is 0.324 e. The zero-order valence-electron chi connectivity index (χ0n) is 10.5. The molecule has 96 valence electrons. The highest BCUT2D eigenvalue weighted by Gasteiger charge is 2.11. The average Bonchev–Trinajstić information content (AvgIpc) is 2.83. The van der Waals surface area contributed by atoms with Crippen molar-refractivity contribution in [3.8, 4) is 0 Å². The summed E-state index contributed by atoms with van der Waals surface area (Å²) in [6.07, 6.45) is 1.96. The van der Waals surface area contributed by atoms with Crippen molar-refractivity contribution in [2.75, 3.05) is 0 Å². The number of pyridine rings is 1. The average molecular weight is 270 g/mol. The molecule has 1 unspecified atom stereocenters. The number of nitrogens with zero attached hydrogens (tertiary/aromatic N) is 3. The molecule has 0 aliphatic carbocycles. The van der Waals surface area contributed by atoms with Crippen molar-refractivity contribution in [2.45, 2.75) is 23.0 Å². The summed E-state index contributed by atoms with van der Waals surface area (Å²) in [5.41, 5.74) is 7.98. The maximum Gasteiger partial charge on any atom is 0.200 e. The van der Waals surface area contributed by atoms with E-state index in [1.165, 1.54) is 0 Å². The fourth-order valence-electron chi connectivity index (χ4n) is 1.94. The van der Waals surface area contributed by atoms with Gasteiger partial charge in [0.2, 0.25) is 0 Å². The lowest BCUT2D eigenvalue weighted by Gasteiger charge is -2.10. The quantitative estimate of drug-likeness (QED) is 0.795. The first-order chi connectivity index (χ1) is 9.25. The van der Waals surface area contributed by atoms with Crippen molar-refractivity contribution >= 4 is 17.4 Å². The van der Waals surface area contributed by atoms with Crippen LogP contribution >= 0.6 is 11.8 Å². The van der Waals surface area contributed by atoms with Crippen LogP contribution in [-0.2, 0) is 0 Å². The summed E-state index contributed by atoms with van der Waals surface area (Å²) < 4.78 is 1.97. The summed E-state index contributed by atoms with van der Waals surface area (Å²) in [4.78, 5) is 1.12. The number of hydrogen-bond donors (Lipinski definition) is 1. The predicted octanol–water partition coefficient (Wildman–Crippen LogP) is 2.90. The third kappa shape index (κ3) is 2.34. The molecule has 2 N–H and O–H groups in total. The summed E-state index contributed by atoms with van der Waals surface area (Å²) in [5.74, 6) is 0. The molecule has 2 aromatic heterocycles. The summed E-state index contributed by atoms with van der Waals surface area (Å²) >= 11 is 1.59. The third-order valence-corrected chi connectivity index (χ3v) is 3.95. The van der Waals surface area contributed by atoms with E-state index in [1.807, 2.05) is 47.9 Å². The summed E-state index contributed by atoms with van der Waals surface area (Å²) in [6, 6.07) is 14.0. The van der Waals surface area contributed by atoms with Gasteiger partial charge in [0, 0.05) is 17.1 Å². The number of fused-ring (bicyclic) bond motifs is 1. The van der Waals surface area contributed by atoms with E-state index >= 15 is 0 Å². The third-order valence-electron chi connectivity index (χ3n) is 2.89. The van der Waals surface area contributed by atoms with Gasteiger partial charge in [-0.05, 0) is 42.4 Å². The molecule has 19 heavy (non-hydrogen) atoms. The molecule has 0 aliphatic rings. The van der Waals surface area contributed by atoms with Crippen LogP contribution in [0.4, 0.5) is 0 Å². The topological polar surface area (TPSA) is 56.2 Å². The van der Waals surface area contributed by atoms with Crippen LogP contribution < -0.4 is 5.73 Å². The molecule has 2 heterocycles. The second kappa shape index (κ2) is 5.03. The molecule has 5 heteroatoms. The zero-order valence-corrected chi connectivity index (χ0v) is 11.3. The molecule has 0 bridgehead atoms. The number of aromatic nitrogens is 3. The Bertz CT molecular complexity index is 705. The van der Waals surface area contributed by atoms with Gasteiger partial charge >= 0.3 is 0 Å². The van der Waals surface area contributed by atoms with E-state index < -0.39 is 0 Å². The second-order valence-corrected chi connectivity index (χ2v) is 5.35. The second-order valence-electron chi connectivity index (χ2n) is 4.34. The maximum absolute atomic E-state index is 6.00. The molecule has 0 saturated heterocycles. The molecule has 1 atom stereocenters. The fourth-order valence-corrected chi connectivity index (χ4v) is 2.99. The van der Waals surface area contributed by atoms with Crippen molar-refractivity contribution in [2.24, 2.45) is 5.73 Å². The minimum Gasteiger partial charge on any atom is -0.324 e. The Morgan fingerprint density at radius 2 is 1.89 bits per heavy atom. The normalized spacial score (nSPS) is 12.7. The van der Waals surface area contributed by atoms with Gasteiger partial charge in [0.1, 0.15) is 0 Å². The molecule has 3 aromatic rings. The van der Waals surface area contributed by atoms with Crippen LogP contribution in [0.15, 0.2) is 58.7 Å². The van der Waals surface area contributed by atoms with Crippen LogP contribution in [0.1, 0.15) is 18.5 Å². The van der Waals surface area contributed by atoms with E-state index in [0.717, 1.165) is 21.3 Å². The van der Waals surface area contributed by atoms with Crippen molar-refractivity contribution < 1.29 is 0 Å². The van der Waals surface area contributed by atoms with Crippen molar-refractivity contribution in [1.29, 1.82) is 0 Å². The van der Waals surface area contributed by atoms with E-state index in [1.54, 1.807) is 11.8 Å². The van der Waals surface area contributed by atoms with Gasteiger partial charge in [-0.3, -0.25) is 4.40 Å². The first kappa shape index (κ1) is 12.2. The highest BCUT2D eigenvalue weighted by atomic mass is 32.2. The van der Waals surface area contributed by atoms with Crippen LogP contribution in [-0.4, -0.2) is 14.6 Å². The molecule has 0 radical (unpaired) electrons. The number of rotatable bonds is 3. The van der Waals surface area contributed by atoms with Gasteiger partial charge in [0.25, 0.3) is 0 Å². The lowest BCUT2D eigenvalue weighted by atomic mass is 10.1. The Hall–Kier alpha value is -1.85. The van der Waals surface area contributed by atoms with Crippen LogP contribution in [0.5, 0.6) is 0 Å². The van der Waals surface area contributed by atoms with Crippen LogP contribution in [0, 0.1) is 0 Å². The highest BCUT2D eigenvalue weighted by Crippen LogP contribution is 2.31. The van der Waals surface area contributed by atoms with Crippen molar-refractivity contribution in [3.05, 3.63) is 54.2 Å². The molecule has 0 aliphatic heterocycles. The Kier molecular flexibility index (Phi) is 3.23. The molecule has 3 rings (SSSR count). The molecule has 1 aromatic carbocycles. The Morgan fingerprint density at radius 1 is 1.11 bits per heavy atom. The van der Waals surface area contributed by atoms with E-state index in [-0.39, 0.29) is 6.04 Å². The van der Waals surface area contributed by atoms with Gasteiger partial charge in [-0.15, -0.1) is 10.2 Å². The Balaban J connectivity index is 2.02. The maximum atomic E-state index is 6.00. The Labute approximate surface area is 115 Å². The van der Waals surface area contributed by atoms with Crippen LogP contribution in [0.2, 0.25) is 0 Å². The molecular formula is C14H14N4S. The van der Waals surface area contributed by atoms with Gasteiger partial charge in [-0.2, -0.15) is 0 Å². The number of nitrogens with two attached hydrogens (primary N) is 1. The van der Waals surface area contributed by atoms with Crippen LogP contribution in [0.3, 0.4) is 0 Å². The lowest BCUT2D eigenvalue weighted by molar-refractivity contribution is 0.796. The Morgan fingerprint density at radius 3 is 2.74 bits per heavy atom. The van der Waals surface area contributed by atoms with Gasteiger partial charge in [0.05, 0.1) is 0 Å². The molecular weight excluding hydrogens is 256 g/mol. The predicted molar refractivity (Wildman–Crippen MR) is 76.2 cm³/mol. The van der Waals surface area contributed by atoms with Crippen molar-refractivity contribution in [1.82, 2.24) is 14.6 Å². The van der Waals surface area contributed by atoms with Crippen LogP contribution in [0.25, 0.3) is 5.65 Å². The van der Waals surface area contributed by atoms with E-state index in [4.69, 9.17) is 5.73 Å². The lowest BCUT2D eigenvalue weighted by Crippen LogP contribution is -2.06. The van der Waals surface area contributed by atoms with Gasteiger partial charge in [-0.1, -0.05) is 24.3 Å². The number of benzene rings is 1. The van der Waals surface area contributed by atoms with Gasteiger partial charge in [0.15, 0.2) is 10.8 Å². The highest BCUT2D eigenvalue weighted by molar-refractivity contribution is 7.99. The molecule has 0 fully saturated rings. The summed E-state index contributed by atoms with van der Waals surface area (Å²) in [6.45, 7) is 1.99. The minimum atomic E-state index is 0.00267. The van der Waals surface area contributed by atoms with E-state index in [9.17, 15) is 0 Å². The molecule has 4 nitrogen and oxygen atoms in total. The summed E-state index contributed by atoms with van der Waals surface area (Å²) in [7, 11) is 0. The number of hydrogen-bond acceptors (Lipinski definition) is 4.